The van der Waals surface area contributed by atoms with E-state index in [0.717, 1.165) is 13.1 Å². The van der Waals surface area contributed by atoms with Gasteiger partial charge < -0.3 is 20.1 Å². The number of methoxy groups -OCH3 is 1. The molecule has 6 heteroatoms. The van der Waals surface area contributed by atoms with Gasteiger partial charge in [0, 0.05) is 13.1 Å². The van der Waals surface area contributed by atoms with Crippen LogP contribution in [0.25, 0.3) is 0 Å². The lowest BCUT2D eigenvalue weighted by molar-refractivity contribution is -0.123. The van der Waals surface area contributed by atoms with Crippen LogP contribution in [0.15, 0.2) is 24.3 Å². The second kappa shape index (κ2) is 7.20. The Morgan fingerprint density at radius 3 is 2.78 bits per heavy atom. The number of amides is 1. The third kappa shape index (κ3) is 3.87. The summed E-state index contributed by atoms with van der Waals surface area (Å²) in [6, 6.07) is 7.29. The van der Waals surface area contributed by atoms with Gasteiger partial charge in [-0.15, -0.1) is 12.4 Å². The van der Waals surface area contributed by atoms with Gasteiger partial charge in [-0.25, -0.2) is 0 Å². The van der Waals surface area contributed by atoms with Gasteiger partial charge in [-0.2, -0.15) is 0 Å². The van der Waals surface area contributed by atoms with E-state index in [0.29, 0.717) is 11.4 Å². The Morgan fingerprint density at radius 2 is 2.17 bits per heavy atom. The Hall–Kier alpha value is -1.30. The van der Waals surface area contributed by atoms with Crippen molar-refractivity contribution >= 4 is 24.0 Å². The average Bonchev–Trinajstić information content (AvgIpc) is 2.27. The van der Waals surface area contributed by atoms with Crippen molar-refractivity contribution in [3.63, 3.8) is 0 Å². The molecule has 1 amide bonds. The van der Waals surface area contributed by atoms with Crippen LogP contribution in [0.2, 0.25) is 0 Å². The second-order valence-corrected chi connectivity index (χ2v) is 3.84. The Balaban J connectivity index is 0.00000162. The van der Waals surface area contributed by atoms with E-state index in [1.165, 1.54) is 0 Å². The predicted octanol–water partition coefficient (Wildman–Crippen LogP) is 1.04. The minimum absolute atomic E-state index is 0. The summed E-state index contributed by atoms with van der Waals surface area (Å²) >= 11 is 0. The van der Waals surface area contributed by atoms with Gasteiger partial charge >= 0.3 is 0 Å². The molecule has 0 atom stereocenters. The number of ether oxygens (including phenoxy) is 2. The molecule has 1 aliphatic heterocycles. The van der Waals surface area contributed by atoms with E-state index >= 15 is 0 Å². The maximum atomic E-state index is 11.6. The summed E-state index contributed by atoms with van der Waals surface area (Å²) in [6.45, 7) is 1.72. The zero-order valence-corrected chi connectivity index (χ0v) is 11.0. The van der Waals surface area contributed by atoms with Crippen LogP contribution in [-0.4, -0.2) is 38.8 Å². The monoisotopic (exact) mass is 272 g/mol. The van der Waals surface area contributed by atoms with Crippen LogP contribution in [0.5, 0.6) is 5.75 Å². The van der Waals surface area contributed by atoms with E-state index < -0.39 is 0 Å². The van der Waals surface area contributed by atoms with Crippen molar-refractivity contribution in [2.45, 2.75) is 6.10 Å². The summed E-state index contributed by atoms with van der Waals surface area (Å²) in [4.78, 5) is 11.6. The normalized spacial score (nSPS) is 14.3. The molecule has 0 aliphatic carbocycles. The quantitative estimate of drug-likeness (QED) is 0.841. The fourth-order valence-electron chi connectivity index (χ4n) is 1.51. The van der Waals surface area contributed by atoms with Crippen molar-refractivity contribution in [2.75, 3.05) is 32.1 Å². The van der Waals surface area contributed by atoms with Crippen molar-refractivity contribution in [3.05, 3.63) is 24.3 Å². The molecule has 0 radical (unpaired) electrons. The molecule has 1 aromatic carbocycles. The van der Waals surface area contributed by atoms with Crippen molar-refractivity contribution in [1.82, 2.24) is 5.32 Å². The van der Waals surface area contributed by atoms with Gasteiger partial charge in [0.05, 0.1) is 18.9 Å². The summed E-state index contributed by atoms with van der Waals surface area (Å²) in [6.07, 6.45) is 0.165. The molecule has 5 nitrogen and oxygen atoms in total. The minimum atomic E-state index is -0.165. The number of benzene rings is 1. The van der Waals surface area contributed by atoms with E-state index in [1.807, 2.05) is 12.1 Å². The lowest BCUT2D eigenvalue weighted by Gasteiger charge is -2.26. The first kappa shape index (κ1) is 14.8. The van der Waals surface area contributed by atoms with Crippen LogP contribution in [0.4, 0.5) is 5.69 Å². The number of halogens is 1. The Morgan fingerprint density at radius 1 is 1.44 bits per heavy atom. The highest BCUT2D eigenvalue weighted by Crippen LogP contribution is 2.22. The number of para-hydroxylation sites is 2. The molecule has 2 N–H and O–H groups in total. The molecular weight excluding hydrogens is 256 g/mol. The maximum Gasteiger partial charge on any atom is 0.250 e. The van der Waals surface area contributed by atoms with Gasteiger partial charge in [-0.05, 0) is 12.1 Å². The van der Waals surface area contributed by atoms with Gasteiger partial charge in [0.15, 0.2) is 0 Å². The highest BCUT2D eigenvalue weighted by Gasteiger charge is 2.18. The molecule has 1 aliphatic rings. The largest absolute Gasteiger partial charge is 0.495 e. The third-order valence-electron chi connectivity index (χ3n) is 2.58. The Labute approximate surface area is 112 Å². The molecule has 1 heterocycles. The molecule has 1 fully saturated rings. The number of carbonyl (C=O) groups is 1. The van der Waals surface area contributed by atoms with Crippen molar-refractivity contribution < 1.29 is 14.3 Å². The van der Waals surface area contributed by atoms with Crippen LogP contribution in [0, 0.1) is 0 Å². The smallest absolute Gasteiger partial charge is 0.250 e. The standard InChI is InChI=1S/C12H16N2O3.ClH/c1-16-11-5-3-2-4-10(11)14-12(15)8-17-9-6-13-7-9;/h2-5,9,13H,6-8H2,1H3,(H,14,15);1H. The molecular formula is C12H17ClN2O3. The number of nitrogens with one attached hydrogen (secondary N) is 2. The van der Waals surface area contributed by atoms with Crippen LogP contribution < -0.4 is 15.4 Å². The summed E-state index contributed by atoms with van der Waals surface area (Å²) < 4.78 is 10.5. The highest BCUT2D eigenvalue weighted by molar-refractivity contribution is 5.93. The first-order valence-corrected chi connectivity index (χ1v) is 5.55. The minimum Gasteiger partial charge on any atom is -0.495 e. The Bertz CT molecular complexity index is 397. The average molecular weight is 273 g/mol. The molecule has 1 aromatic rings. The number of hydrogen-bond donors (Lipinski definition) is 2. The summed E-state index contributed by atoms with van der Waals surface area (Å²) in [5, 5.41) is 5.83. The highest BCUT2D eigenvalue weighted by atomic mass is 35.5. The van der Waals surface area contributed by atoms with E-state index in [-0.39, 0.29) is 31.0 Å². The van der Waals surface area contributed by atoms with Gasteiger partial charge in [0.1, 0.15) is 12.4 Å². The fourth-order valence-corrected chi connectivity index (χ4v) is 1.51. The second-order valence-electron chi connectivity index (χ2n) is 3.84. The van der Waals surface area contributed by atoms with Gasteiger partial charge in [0.2, 0.25) is 5.91 Å². The summed E-state index contributed by atoms with van der Waals surface area (Å²) in [5.74, 6) is 0.479. The number of carbonyl (C=O) groups excluding carboxylic acids is 1. The van der Waals surface area contributed by atoms with Crippen LogP contribution >= 0.6 is 12.4 Å². The van der Waals surface area contributed by atoms with Crippen LogP contribution in [-0.2, 0) is 9.53 Å². The lowest BCUT2D eigenvalue weighted by Crippen LogP contribution is -2.49. The number of rotatable bonds is 5. The first-order valence-electron chi connectivity index (χ1n) is 5.55. The number of anilines is 1. The van der Waals surface area contributed by atoms with Crippen LogP contribution in [0.1, 0.15) is 0 Å². The van der Waals surface area contributed by atoms with E-state index in [9.17, 15) is 4.79 Å². The zero-order valence-electron chi connectivity index (χ0n) is 10.1. The van der Waals surface area contributed by atoms with E-state index in [2.05, 4.69) is 10.6 Å². The lowest BCUT2D eigenvalue weighted by atomic mass is 10.2. The molecule has 0 spiro atoms. The predicted molar refractivity (Wildman–Crippen MR) is 71.5 cm³/mol. The van der Waals surface area contributed by atoms with Crippen molar-refractivity contribution in [1.29, 1.82) is 0 Å². The van der Waals surface area contributed by atoms with Crippen molar-refractivity contribution in [3.8, 4) is 5.75 Å². The zero-order chi connectivity index (χ0) is 12.1. The molecule has 0 saturated carbocycles. The van der Waals surface area contributed by atoms with Crippen LogP contribution in [0.3, 0.4) is 0 Å². The molecule has 0 bridgehead atoms. The van der Waals surface area contributed by atoms with Gasteiger partial charge in [-0.3, -0.25) is 4.79 Å². The topological polar surface area (TPSA) is 59.6 Å². The molecule has 0 aromatic heterocycles. The molecule has 2 rings (SSSR count). The van der Waals surface area contributed by atoms with E-state index in [4.69, 9.17) is 9.47 Å². The molecule has 1 saturated heterocycles. The maximum absolute atomic E-state index is 11.6. The Kier molecular flexibility index (Phi) is 5.91. The third-order valence-corrected chi connectivity index (χ3v) is 2.58. The van der Waals surface area contributed by atoms with Gasteiger partial charge in [0.25, 0.3) is 0 Å². The van der Waals surface area contributed by atoms with Gasteiger partial charge in [-0.1, -0.05) is 12.1 Å². The first-order chi connectivity index (χ1) is 8.29. The van der Waals surface area contributed by atoms with E-state index in [1.54, 1.807) is 19.2 Å². The summed E-state index contributed by atoms with van der Waals surface area (Å²) in [7, 11) is 1.57. The van der Waals surface area contributed by atoms with Crippen molar-refractivity contribution in [2.24, 2.45) is 0 Å². The SMILES string of the molecule is COc1ccccc1NC(=O)COC1CNC1.Cl. The molecule has 100 valence electrons. The molecule has 18 heavy (non-hydrogen) atoms. The summed E-state index contributed by atoms with van der Waals surface area (Å²) in [5.41, 5.74) is 0.662. The number of hydrogen-bond acceptors (Lipinski definition) is 4. The fraction of sp³-hybridized carbons (Fsp3) is 0.417. The molecule has 0 unspecified atom stereocenters.